The van der Waals surface area contributed by atoms with Gasteiger partial charge in [-0.25, -0.2) is 0 Å². The number of hydrogen-bond donors (Lipinski definition) is 1. The molecule has 1 aromatic heterocycles. The van der Waals surface area contributed by atoms with Gasteiger partial charge in [0.15, 0.2) is 0 Å². The molecule has 0 radical (unpaired) electrons. The van der Waals surface area contributed by atoms with E-state index >= 15 is 0 Å². The molecule has 1 unspecified atom stereocenters. The quantitative estimate of drug-likeness (QED) is 0.757. The van der Waals surface area contributed by atoms with Crippen LogP contribution in [0.15, 0.2) is 67.0 Å². The number of hydrogen-bond acceptors (Lipinski definition) is 4. The molecular weight excluding hydrogens is 304 g/mol. The summed E-state index contributed by atoms with van der Waals surface area (Å²) in [6, 6.07) is 16.6. The van der Waals surface area contributed by atoms with Crippen molar-refractivity contribution in [3.8, 4) is 5.75 Å². The van der Waals surface area contributed by atoms with Gasteiger partial charge < -0.3 is 10.1 Å². The van der Waals surface area contributed by atoms with Crippen molar-refractivity contribution in [2.24, 2.45) is 0 Å². The van der Waals surface area contributed by atoms with Gasteiger partial charge >= 0.3 is 0 Å². The lowest BCUT2D eigenvalue weighted by Crippen LogP contribution is -2.32. The Morgan fingerprint density at radius 2 is 1.88 bits per heavy atom. The molecule has 6 heteroatoms. The number of nitrogens with one attached hydrogen (secondary N) is 1. The fourth-order valence-corrected chi connectivity index (χ4v) is 2.43. The van der Waals surface area contributed by atoms with Gasteiger partial charge in [0, 0.05) is 5.56 Å². The van der Waals surface area contributed by atoms with Crippen LogP contribution in [-0.2, 0) is 6.54 Å². The minimum atomic E-state index is -0.239. The third-order valence-corrected chi connectivity index (χ3v) is 3.65. The van der Waals surface area contributed by atoms with E-state index < -0.39 is 0 Å². The SMILES string of the molecule is COc1cccc(C(=O)NC(Cn2nccn2)c2ccccc2)c1. The summed E-state index contributed by atoms with van der Waals surface area (Å²) in [5.74, 6) is 0.475. The molecule has 0 aliphatic heterocycles. The smallest absolute Gasteiger partial charge is 0.251 e. The molecule has 0 saturated carbocycles. The Hall–Kier alpha value is -3.15. The minimum Gasteiger partial charge on any atom is -0.497 e. The third kappa shape index (κ3) is 3.78. The number of aromatic nitrogens is 3. The van der Waals surface area contributed by atoms with Crippen LogP contribution in [0.25, 0.3) is 0 Å². The second-order valence-corrected chi connectivity index (χ2v) is 5.25. The summed E-state index contributed by atoms with van der Waals surface area (Å²) >= 11 is 0. The monoisotopic (exact) mass is 322 g/mol. The van der Waals surface area contributed by atoms with Crippen LogP contribution in [0.3, 0.4) is 0 Å². The highest BCUT2D eigenvalue weighted by atomic mass is 16.5. The number of carbonyl (C=O) groups is 1. The van der Waals surface area contributed by atoms with Gasteiger partial charge in [0.2, 0.25) is 0 Å². The van der Waals surface area contributed by atoms with E-state index in [1.807, 2.05) is 30.3 Å². The second-order valence-electron chi connectivity index (χ2n) is 5.25. The van der Waals surface area contributed by atoms with Crippen LogP contribution in [0.4, 0.5) is 0 Å². The van der Waals surface area contributed by atoms with Gasteiger partial charge in [0.1, 0.15) is 5.75 Å². The molecule has 3 rings (SSSR count). The molecule has 0 aliphatic carbocycles. The van der Waals surface area contributed by atoms with Crippen LogP contribution < -0.4 is 10.1 Å². The highest BCUT2D eigenvalue weighted by molar-refractivity contribution is 5.94. The molecule has 3 aromatic rings. The predicted octanol–water partition coefficient (Wildman–Crippen LogP) is 2.46. The van der Waals surface area contributed by atoms with Crippen LogP contribution in [-0.4, -0.2) is 28.0 Å². The Balaban J connectivity index is 1.81. The lowest BCUT2D eigenvalue weighted by Gasteiger charge is -2.19. The topological polar surface area (TPSA) is 69.0 Å². The largest absolute Gasteiger partial charge is 0.497 e. The number of benzene rings is 2. The van der Waals surface area contributed by atoms with E-state index in [2.05, 4.69) is 15.5 Å². The predicted molar refractivity (Wildman–Crippen MR) is 89.7 cm³/mol. The lowest BCUT2D eigenvalue weighted by atomic mass is 10.1. The summed E-state index contributed by atoms with van der Waals surface area (Å²) in [6.45, 7) is 0.451. The van der Waals surface area contributed by atoms with Gasteiger partial charge in [0.05, 0.1) is 32.1 Å². The first kappa shape index (κ1) is 15.7. The molecule has 0 fully saturated rings. The Kier molecular flexibility index (Phi) is 4.86. The van der Waals surface area contributed by atoms with E-state index in [1.54, 1.807) is 48.6 Å². The maximum atomic E-state index is 12.6. The molecule has 0 aliphatic rings. The number of nitrogens with zero attached hydrogens (tertiary/aromatic N) is 3. The van der Waals surface area contributed by atoms with E-state index in [0.29, 0.717) is 17.9 Å². The minimum absolute atomic E-state index is 0.171. The fraction of sp³-hybridized carbons (Fsp3) is 0.167. The summed E-state index contributed by atoms with van der Waals surface area (Å²) in [5, 5.41) is 11.3. The first-order valence-corrected chi connectivity index (χ1v) is 7.60. The normalized spacial score (nSPS) is 11.7. The Labute approximate surface area is 140 Å². The van der Waals surface area contributed by atoms with Crippen molar-refractivity contribution in [1.29, 1.82) is 0 Å². The molecule has 122 valence electrons. The molecule has 1 heterocycles. The zero-order valence-electron chi connectivity index (χ0n) is 13.3. The van der Waals surface area contributed by atoms with Crippen molar-refractivity contribution in [2.45, 2.75) is 12.6 Å². The molecule has 1 N–H and O–H groups in total. The average molecular weight is 322 g/mol. The summed E-state index contributed by atoms with van der Waals surface area (Å²) < 4.78 is 5.18. The number of carbonyl (C=O) groups excluding carboxylic acids is 1. The Bertz CT molecular complexity index is 788. The van der Waals surface area contributed by atoms with Crippen LogP contribution >= 0.6 is 0 Å². The first-order valence-electron chi connectivity index (χ1n) is 7.60. The summed E-state index contributed by atoms with van der Waals surface area (Å²) in [6.07, 6.45) is 3.23. The van der Waals surface area contributed by atoms with Crippen LogP contribution in [0.5, 0.6) is 5.75 Å². The number of methoxy groups -OCH3 is 1. The zero-order chi connectivity index (χ0) is 16.8. The number of rotatable bonds is 6. The molecule has 1 amide bonds. The highest BCUT2D eigenvalue weighted by Gasteiger charge is 2.17. The van der Waals surface area contributed by atoms with Gasteiger partial charge in [-0.2, -0.15) is 15.0 Å². The van der Waals surface area contributed by atoms with E-state index in [4.69, 9.17) is 4.74 Å². The van der Waals surface area contributed by atoms with Gasteiger partial charge in [0.25, 0.3) is 5.91 Å². The zero-order valence-corrected chi connectivity index (χ0v) is 13.3. The van der Waals surface area contributed by atoms with E-state index in [1.165, 1.54) is 0 Å². The van der Waals surface area contributed by atoms with E-state index in [9.17, 15) is 4.79 Å². The second kappa shape index (κ2) is 7.41. The van der Waals surface area contributed by atoms with Gasteiger partial charge in [-0.15, -0.1) is 0 Å². The molecule has 0 spiro atoms. The maximum Gasteiger partial charge on any atom is 0.251 e. The average Bonchev–Trinajstić information content (AvgIpc) is 3.15. The molecular formula is C18H18N4O2. The highest BCUT2D eigenvalue weighted by Crippen LogP contribution is 2.17. The van der Waals surface area contributed by atoms with Crippen molar-refractivity contribution in [3.63, 3.8) is 0 Å². The van der Waals surface area contributed by atoms with E-state index in [0.717, 1.165) is 5.56 Å². The molecule has 24 heavy (non-hydrogen) atoms. The molecule has 2 aromatic carbocycles. The van der Waals surface area contributed by atoms with Gasteiger partial charge in [-0.05, 0) is 23.8 Å². The van der Waals surface area contributed by atoms with Crippen molar-refractivity contribution >= 4 is 5.91 Å². The van der Waals surface area contributed by atoms with Crippen molar-refractivity contribution < 1.29 is 9.53 Å². The van der Waals surface area contributed by atoms with Crippen molar-refractivity contribution in [1.82, 2.24) is 20.3 Å². The van der Waals surface area contributed by atoms with Crippen LogP contribution in [0.2, 0.25) is 0 Å². The molecule has 0 bridgehead atoms. The summed E-state index contributed by atoms with van der Waals surface area (Å²) in [5.41, 5.74) is 1.54. The van der Waals surface area contributed by atoms with E-state index in [-0.39, 0.29) is 11.9 Å². The van der Waals surface area contributed by atoms with Crippen LogP contribution in [0.1, 0.15) is 22.0 Å². The Morgan fingerprint density at radius 1 is 1.12 bits per heavy atom. The lowest BCUT2D eigenvalue weighted by molar-refractivity contribution is 0.0930. The summed E-state index contributed by atoms with van der Waals surface area (Å²) in [7, 11) is 1.58. The Morgan fingerprint density at radius 3 is 2.58 bits per heavy atom. The van der Waals surface area contributed by atoms with Crippen molar-refractivity contribution in [3.05, 3.63) is 78.1 Å². The number of amides is 1. The van der Waals surface area contributed by atoms with Gasteiger partial charge in [-0.1, -0.05) is 36.4 Å². The first-order chi connectivity index (χ1) is 11.8. The summed E-state index contributed by atoms with van der Waals surface area (Å²) in [4.78, 5) is 14.2. The van der Waals surface area contributed by atoms with Gasteiger partial charge in [-0.3, -0.25) is 4.79 Å². The van der Waals surface area contributed by atoms with Crippen LogP contribution in [0, 0.1) is 0 Å². The standard InChI is InChI=1S/C18H18N4O2/c1-24-16-9-5-8-15(12-16)18(23)21-17(13-22-19-10-11-20-22)14-6-3-2-4-7-14/h2-12,17H,13H2,1H3,(H,21,23). The number of ether oxygens (including phenoxy) is 1. The third-order valence-electron chi connectivity index (χ3n) is 3.65. The fourth-order valence-electron chi connectivity index (χ4n) is 2.43. The molecule has 1 atom stereocenters. The van der Waals surface area contributed by atoms with Crippen molar-refractivity contribution in [2.75, 3.05) is 7.11 Å². The maximum absolute atomic E-state index is 12.6. The molecule has 0 saturated heterocycles. The molecule has 6 nitrogen and oxygen atoms in total.